The topological polar surface area (TPSA) is 67.7 Å². The highest BCUT2D eigenvalue weighted by Crippen LogP contribution is 2.35. The monoisotopic (exact) mass is 542 g/mol. The van der Waals surface area contributed by atoms with E-state index >= 15 is 0 Å². The van der Waals surface area contributed by atoms with Gasteiger partial charge in [-0.2, -0.15) is 5.10 Å². The van der Waals surface area contributed by atoms with E-state index in [1.165, 1.54) is 0 Å². The van der Waals surface area contributed by atoms with Crippen molar-refractivity contribution in [1.82, 2.24) is 19.6 Å². The molecule has 9 heteroatoms. The number of likely N-dealkylation sites (tertiary alicyclic amines) is 1. The number of benzene rings is 2. The summed E-state index contributed by atoms with van der Waals surface area (Å²) in [5, 5.41) is 5.32. The average Bonchev–Trinajstić information content (AvgIpc) is 3.29. The van der Waals surface area contributed by atoms with Gasteiger partial charge in [0, 0.05) is 43.9 Å². The van der Waals surface area contributed by atoms with Crippen LogP contribution in [0.2, 0.25) is 10.0 Å². The molecular formula is C28H32Cl2N4O3. The van der Waals surface area contributed by atoms with Crippen LogP contribution in [0.5, 0.6) is 0 Å². The number of hydrogen-bond acceptors (Lipinski definition) is 4. The van der Waals surface area contributed by atoms with Gasteiger partial charge in [-0.15, -0.1) is 0 Å². The molecule has 0 unspecified atom stereocenters. The molecule has 0 bridgehead atoms. The van der Waals surface area contributed by atoms with Gasteiger partial charge in [-0.25, -0.2) is 9.48 Å². The molecule has 2 heterocycles. The molecule has 0 saturated carbocycles. The smallest absolute Gasteiger partial charge is 0.410 e. The van der Waals surface area contributed by atoms with E-state index in [1.807, 2.05) is 83.4 Å². The second-order valence-electron chi connectivity index (χ2n) is 10.4. The molecular weight excluding hydrogens is 511 g/mol. The van der Waals surface area contributed by atoms with E-state index in [2.05, 4.69) is 5.10 Å². The second-order valence-corrected chi connectivity index (χ2v) is 11.2. The van der Waals surface area contributed by atoms with Gasteiger partial charge < -0.3 is 14.5 Å². The van der Waals surface area contributed by atoms with E-state index in [0.29, 0.717) is 35.1 Å². The van der Waals surface area contributed by atoms with Crippen LogP contribution in [-0.2, 0) is 4.74 Å². The molecule has 1 aliphatic heterocycles. The molecule has 37 heavy (non-hydrogen) atoms. The Kier molecular flexibility index (Phi) is 7.85. The maximum absolute atomic E-state index is 13.5. The van der Waals surface area contributed by atoms with Crippen LogP contribution in [0, 0.1) is 6.92 Å². The number of likely N-dealkylation sites (N-methyl/N-ethyl adjacent to an activating group) is 1. The van der Waals surface area contributed by atoms with Crippen LogP contribution in [0.15, 0.2) is 54.7 Å². The molecule has 2 atom stereocenters. The largest absolute Gasteiger partial charge is 0.444 e. The van der Waals surface area contributed by atoms with Crippen LogP contribution in [-0.4, -0.2) is 63.4 Å². The summed E-state index contributed by atoms with van der Waals surface area (Å²) in [7, 11) is 1.81. The minimum absolute atomic E-state index is 0.0935. The third-order valence-electron chi connectivity index (χ3n) is 6.52. The normalized spacial score (nSPS) is 18.0. The maximum Gasteiger partial charge on any atom is 0.410 e. The van der Waals surface area contributed by atoms with E-state index in [1.54, 1.807) is 20.5 Å². The Balaban J connectivity index is 1.58. The third-order valence-corrected chi connectivity index (χ3v) is 7.26. The third kappa shape index (κ3) is 6.28. The van der Waals surface area contributed by atoms with Gasteiger partial charge >= 0.3 is 6.09 Å². The van der Waals surface area contributed by atoms with Crippen molar-refractivity contribution >= 4 is 35.2 Å². The molecule has 196 valence electrons. The first-order chi connectivity index (χ1) is 17.4. The quantitative estimate of drug-likeness (QED) is 0.385. The number of hydrogen-bond donors (Lipinski definition) is 0. The molecule has 0 spiro atoms. The Hall–Kier alpha value is -3.03. The summed E-state index contributed by atoms with van der Waals surface area (Å²) in [4.78, 5) is 29.9. The number of piperidine rings is 1. The maximum atomic E-state index is 13.5. The van der Waals surface area contributed by atoms with Crippen molar-refractivity contribution in [1.29, 1.82) is 0 Å². The zero-order valence-electron chi connectivity index (χ0n) is 21.7. The highest BCUT2D eigenvalue weighted by atomic mass is 35.5. The SMILES string of the molecule is Cc1ccn(-c2ccc(C(=O)N(C)[C@@H]3CCN(C(=O)OC(C)(C)C)C[C@H]3c3ccc(Cl)c(Cl)c3)cc2)n1. The molecule has 4 rings (SSSR count). The lowest BCUT2D eigenvalue weighted by Crippen LogP contribution is -2.52. The van der Waals surface area contributed by atoms with Crippen LogP contribution >= 0.6 is 23.2 Å². The van der Waals surface area contributed by atoms with Gasteiger partial charge in [0.15, 0.2) is 0 Å². The lowest BCUT2D eigenvalue weighted by molar-refractivity contribution is 0.0124. The predicted molar refractivity (Wildman–Crippen MR) is 146 cm³/mol. The average molecular weight is 543 g/mol. The van der Waals surface area contributed by atoms with Crippen molar-refractivity contribution in [2.45, 2.75) is 51.7 Å². The first-order valence-electron chi connectivity index (χ1n) is 12.3. The molecule has 2 aromatic carbocycles. The van der Waals surface area contributed by atoms with Crippen LogP contribution in [0.4, 0.5) is 4.79 Å². The number of carbonyl (C=O) groups excluding carboxylic acids is 2. The number of rotatable bonds is 4. The van der Waals surface area contributed by atoms with Gasteiger partial charge in [0.05, 0.1) is 21.4 Å². The van der Waals surface area contributed by atoms with E-state index in [4.69, 9.17) is 27.9 Å². The van der Waals surface area contributed by atoms with E-state index < -0.39 is 5.60 Å². The molecule has 0 radical (unpaired) electrons. The number of nitrogens with zero attached hydrogens (tertiary/aromatic N) is 4. The second kappa shape index (κ2) is 10.8. The highest BCUT2D eigenvalue weighted by molar-refractivity contribution is 6.42. The number of amides is 2. The number of ether oxygens (including phenoxy) is 1. The first kappa shape index (κ1) is 27.0. The van der Waals surface area contributed by atoms with Crippen LogP contribution in [0.25, 0.3) is 5.69 Å². The number of halogens is 2. The van der Waals surface area contributed by atoms with Crippen LogP contribution < -0.4 is 0 Å². The van der Waals surface area contributed by atoms with Gasteiger partial charge in [0.1, 0.15) is 5.60 Å². The molecule has 1 aromatic heterocycles. The summed E-state index contributed by atoms with van der Waals surface area (Å²) < 4.78 is 7.40. The molecule has 7 nitrogen and oxygen atoms in total. The minimum atomic E-state index is -0.596. The summed E-state index contributed by atoms with van der Waals surface area (Å²) in [5.74, 6) is -0.264. The molecule has 1 fully saturated rings. The summed E-state index contributed by atoms with van der Waals surface area (Å²) in [6.45, 7) is 8.35. The molecule has 1 saturated heterocycles. The van der Waals surface area contributed by atoms with Gasteiger partial charge in [0.2, 0.25) is 0 Å². The van der Waals surface area contributed by atoms with Crippen molar-refractivity contribution in [3.8, 4) is 5.69 Å². The molecule has 0 aliphatic carbocycles. The van der Waals surface area contributed by atoms with Gasteiger partial charge in [0.25, 0.3) is 5.91 Å². The summed E-state index contributed by atoms with van der Waals surface area (Å²) >= 11 is 12.5. The Morgan fingerprint density at radius 3 is 2.35 bits per heavy atom. The minimum Gasteiger partial charge on any atom is -0.444 e. The number of aryl methyl sites for hydroxylation is 1. The van der Waals surface area contributed by atoms with Crippen LogP contribution in [0.3, 0.4) is 0 Å². The highest BCUT2D eigenvalue weighted by Gasteiger charge is 2.38. The Morgan fingerprint density at radius 1 is 1.05 bits per heavy atom. The van der Waals surface area contributed by atoms with Gasteiger partial charge in [-0.05, 0) is 82.1 Å². The molecule has 0 N–H and O–H groups in total. The summed E-state index contributed by atoms with van der Waals surface area (Å²) in [5.41, 5.74) is 2.70. The fourth-order valence-corrected chi connectivity index (χ4v) is 4.94. The van der Waals surface area contributed by atoms with E-state index in [9.17, 15) is 9.59 Å². The van der Waals surface area contributed by atoms with Crippen LogP contribution in [0.1, 0.15) is 54.7 Å². The van der Waals surface area contributed by atoms with E-state index in [0.717, 1.165) is 16.9 Å². The molecule has 3 aromatic rings. The Morgan fingerprint density at radius 2 is 1.76 bits per heavy atom. The molecule has 1 aliphatic rings. The van der Waals surface area contributed by atoms with Crippen molar-refractivity contribution in [3.05, 3.63) is 81.6 Å². The van der Waals surface area contributed by atoms with Crippen molar-refractivity contribution in [2.24, 2.45) is 0 Å². The summed E-state index contributed by atoms with van der Waals surface area (Å²) in [6.07, 6.45) is 2.12. The standard InChI is InChI=1S/C28H32Cl2N4O3/c1-18-12-15-34(31-18)21-9-6-19(7-10-21)26(35)32(5)25-13-14-33(27(36)37-28(2,3)4)17-22(25)20-8-11-23(29)24(30)16-20/h6-12,15-16,22,25H,13-14,17H2,1-5H3/t22-,25+/m0/s1. The lowest BCUT2D eigenvalue weighted by Gasteiger charge is -2.43. The first-order valence-corrected chi connectivity index (χ1v) is 13.0. The van der Waals surface area contributed by atoms with Crippen molar-refractivity contribution in [2.75, 3.05) is 20.1 Å². The Labute approximate surface area is 227 Å². The lowest BCUT2D eigenvalue weighted by atomic mass is 9.85. The number of aromatic nitrogens is 2. The van der Waals surface area contributed by atoms with E-state index in [-0.39, 0.29) is 24.0 Å². The van der Waals surface area contributed by atoms with Gasteiger partial charge in [-0.3, -0.25) is 4.79 Å². The zero-order chi connectivity index (χ0) is 26.9. The fraction of sp³-hybridized carbons (Fsp3) is 0.393. The van der Waals surface area contributed by atoms with Gasteiger partial charge in [-0.1, -0.05) is 29.3 Å². The van der Waals surface area contributed by atoms with Crippen molar-refractivity contribution < 1.29 is 14.3 Å². The molecule has 2 amide bonds. The fourth-order valence-electron chi connectivity index (χ4n) is 4.64. The zero-order valence-corrected chi connectivity index (χ0v) is 23.3. The van der Waals surface area contributed by atoms with Crippen molar-refractivity contribution in [3.63, 3.8) is 0 Å². The Bertz CT molecular complexity index is 1280. The predicted octanol–water partition coefficient (Wildman–Crippen LogP) is 6.35. The number of carbonyl (C=O) groups is 2. The summed E-state index contributed by atoms with van der Waals surface area (Å²) in [6, 6.07) is 14.6.